The van der Waals surface area contributed by atoms with Crippen molar-refractivity contribution in [2.45, 2.75) is 19.9 Å². The topological polar surface area (TPSA) is 71.8 Å². The average molecular weight is 538 g/mol. The smallest absolute Gasteiger partial charge is 0.345 e. The fraction of sp³-hybridized carbons (Fsp3) is 0.321. The molecule has 0 saturated carbocycles. The van der Waals surface area contributed by atoms with Gasteiger partial charge in [-0.05, 0) is 37.1 Å². The summed E-state index contributed by atoms with van der Waals surface area (Å²) in [7, 11) is 0. The first-order valence-electron chi connectivity index (χ1n) is 12.4. The highest BCUT2D eigenvalue weighted by Gasteiger charge is 2.31. The number of carbonyl (C=O) groups is 2. The lowest BCUT2D eigenvalue weighted by Crippen LogP contribution is -2.50. The van der Waals surface area contributed by atoms with Crippen molar-refractivity contribution in [1.29, 1.82) is 0 Å². The quantitative estimate of drug-likeness (QED) is 0.430. The molecule has 1 amide bonds. The number of esters is 1. The van der Waals surface area contributed by atoms with Gasteiger partial charge in [0.2, 0.25) is 0 Å². The van der Waals surface area contributed by atoms with E-state index in [-0.39, 0.29) is 18.1 Å². The summed E-state index contributed by atoms with van der Waals surface area (Å²) >= 11 is 8.03. The van der Waals surface area contributed by atoms with Crippen LogP contribution in [0.15, 0.2) is 64.3 Å². The predicted molar refractivity (Wildman–Crippen MR) is 149 cm³/mol. The number of halogens is 1. The Morgan fingerprint density at radius 2 is 1.81 bits per heavy atom. The van der Waals surface area contributed by atoms with Crippen molar-refractivity contribution < 1.29 is 14.3 Å². The third kappa shape index (κ3) is 5.13. The van der Waals surface area contributed by atoms with Gasteiger partial charge >= 0.3 is 5.97 Å². The predicted octanol–water partition coefficient (Wildman–Crippen LogP) is 4.55. The Morgan fingerprint density at radius 3 is 2.49 bits per heavy atom. The van der Waals surface area contributed by atoms with Crippen molar-refractivity contribution in [2.75, 3.05) is 43.4 Å². The standard InChI is InChI=1S/C28H28ClN3O4S/c1-2-36-28(35)24-25(30-12-14-31(15-13-30)26(33)23-9-6-16-37-23)21-17-20(29)10-11-22(21)32(27(24)34)18-19-7-4-3-5-8-19/h3-5,7-11,17H,2,6,12-16,18H2,1H3. The number of rotatable bonds is 6. The Morgan fingerprint density at radius 1 is 1.05 bits per heavy atom. The van der Waals surface area contributed by atoms with Crippen LogP contribution in [0.2, 0.25) is 5.02 Å². The zero-order chi connectivity index (χ0) is 25.9. The second kappa shape index (κ2) is 11.0. The number of anilines is 1. The highest BCUT2D eigenvalue weighted by Crippen LogP contribution is 2.33. The zero-order valence-corrected chi connectivity index (χ0v) is 22.2. The Hall–Kier alpha value is -3.23. The van der Waals surface area contributed by atoms with Crippen molar-refractivity contribution in [2.24, 2.45) is 0 Å². The Balaban J connectivity index is 1.59. The Labute approximate surface area is 224 Å². The van der Waals surface area contributed by atoms with Crippen molar-refractivity contribution in [3.8, 4) is 0 Å². The minimum absolute atomic E-state index is 0.00128. The maximum absolute atomic E-state index is 13.9. The maximum Gasteiger partial charge on any atom is 0.345 e. The van der Waals surface area contributed by atoms with E-state index in [1.165, 1.54) is 0 Å². The molecule has 0 N–H and O–H groups in total. The van der Waals surface area contributed by atoms with Crippen molar-refractivity contribution in [3.63, 3.8) is 0 Å². The molecule has 0 spiro atoms. The van der Waals surface area contributed by atoms with Gasteiger partial charge < -0.3 is 19.1 Å². The van der Waals surface area contributed by atoms with Crippen LogP contribution in [0.1, 0.15) is 29.3 Å². The second-order valence-electron chi connectivity index (χ2n) is 8.97. The number of ether oxygens (including phenoxy) is 1. The molecule has 192 valence electrons. The molecule has 2 aliphatic heterocycles. The molecule has 1 aromatic heterocycles. The molecule has 3 heterocycles. The SMILES string of the molecule is CCOC(=O)c1c(N2CCN(C(=O)C3=CCCS3)CC2)c2cc(Cl)ccc2n(Cc2ccccc2)c1=O. The van der Waals surface area contributed by atoms with Gasteiger partial charge in [-0.1, -0.05) is 48.0 Å². The first kappa shape index (κ1) is 25.4. The number of allylic oxidation sites excluding steroid dienone is 1. The Bertz CT molecular complexity index is 1430. The van der Waals surface area contributed by atoms with E-state index in [9.17, 15) is 14.4 Å². The van der Waals surface area contributed by atoms with Crippen molar-refractivity contribution in [3.05, 3.63) is 86.0 Å². The fourth-order valence-electron chi connectivity index (χ4n) is 4.91. The molecular formula is C28H28ClN3O4S. The number of benzene rings is 2. The number of amides is 1. The van der Waals surface area contributed by atoms with Gasteiger partial charge in [0.1, 0.15) is 5.56 Å². The van der Waals surface area contributed by atoms with Crippen LogP contribution in [-0.4, -0.2) is 59.9 Å². The summed E-state index contributed by atoms with van der Waals surface area (Å²) in [6.07, 6.45) is 2.92. The largest absolute Gasteiger partial charge is 0.462 e. The lowest BCUT2D eigenvalue weighted by molar-refractivity contribution is -0.126. The van der Waals surface area contributed by atoms with Gasteiger partial charge in [-0.15, -0.1) is 11.8 Å². The number of pyridine rings is 1. The van der Waals surface area contributed by atoms with E-state index < -0.39 is 11.5 Å². The summed E-state index contributed by atoms with van der Waals surface area (Å²) in [6, 6.07) is 15.0. The van der Waals surface area contributed by atoms with Crippen LogP contribution in [0.3, 0.4) is 0 Å². The van der Waals surface area contributed by atoms with Crippen LogP contribution in [0.5, 0.6) is 0 Å². The van der Waals surface area contributed by atoms with Gasteiger partial charge in [-0.3, -0.25) is 9.59 Å². The molecule has 2 aliphatic rings. The highest BCUT2D eigenvalue weighted by molar-refractivity contribution is 8.04. The molecule has 0 unspecified atom stereocenters. The molecule has 0 atom stereocenters. The number of piperazine rings is 1. The number of thioether (sulfide) groups is 1. The zero-order valence-electron chi connectivity index (χ0n) is 20.6. The van der Waals surface area contributed by atoms with Crippen LogP contribution in [0.4, 0.5) is 5.69 Å². The van der Waals surface area contributed by atoms with Crippen molar-refractivity contribution >= 4 is 51.8 Å². The van der Waals surface area contributed by atoms with Gasteiger partial charge in [0.05, 0.1) is 29.3 Å². The van der Waals surface area contributed by atoms with Gasteiger partial charge in [-0.2, -0.15) is 0 Å². The summed E-state index contributed by atoms with van der Waals surface area (Å²) in [4.78, 5) is 44.7. The van der Waals surface area contributed by atoms with Crippen LogP contribution < -0.4 is 10.5 Å². The number of aromatic nitrogens is 1. The van der Waals surface area contributed by atoms with Crippen molar-refractivity contribution in [1.82, 2.24) is 9.47 Å². The van der Waals surface area contributed by atoms with E-state index in [1.54, 1.807) is 35.4 Å². The highest BCUT2D eigenvalue weighted by atomic mass is 35.5. The summed E-state index contributed by atoms with van der Waals surface area (Å²) in [5, 5.41) is 1.22. The molecule has 2 aromatic carbocycles. The van der Waals surface area contributed by atoms with Gasteiger partial charge in [0.25, 0.3) is 11.5 Å². The van der Waals surface area contributed by atoms with Crippen LogP contribution in [0.25, 0.3) is 10.9 Å². The molecular weight excluding hydrogens is 510 g/mol. The normalized spacial score (nSPS) is 15.7. The van der Waals surface area contributed by atoms with Gasteiger partial charge in [0, 0.05) is 42.3 Å². The summed E-state index contributed by atoms with van der Waals surface area (Å²) in [5.41, 5.74) is 1.74. The number of carbonyl (C=O) groups excluding carboxylic acids is 2. The Kier molecular flexibility index (Phi) is 7.58. The van der Waals surface area contributed by atoms with Crippen LogP contribution >= 0.6 is 23.4 Å². The number of hydrogen-bond acceptors (Lipinski definition) is 6. The van der Waals surface area contributed by atoms with E-state index in [0.29, 0.717) is 54.3 Å². The minimum atomic E-state index is -0.655. The number of nitrogens with zero attached hydrogens (tertiary/aromatic N) is 3. The van der Waals surface area contributed by atoms with E-state index >= 15 is 0 Å². The summed E-state index contributed by atoms with van der Waals surface area (Å²) in [5.74, 6) is 0.340. The molecule has 3 aromatic rings. The summed E-state index contributed by atoms with van der Waals surface area (Å²) < 4.78 is 6.98. The first-order valence-corrected chi connectivity index (χ1v) is 13.8. The molecule has 5 rings (SSSR count). The third-order valence-electron chi connectivity index (χ3n) is 6.66. The average Bonchev–Trinajstić information content (AvgIpc) is 3.45. The molecule has 7 nitrogen and oxygen atoms in total. The molecule has 37 heavy (non-hydrogen) atoms. The molecule has 0 bridgehead atoms. The van der Waals surface area contributed by atoms with E-state index in [1.807, 2.05) is 52.3 Å². The molecule has 9 heteroatoms. The molecule has 0 aliphatic carbocycles. The monoisotopic (exact) mass is 537 g/mol. The van der Waals surface area contributed by atoms with Gasteiger partial charge in [-0.25, -0.2) is 4.79 Å². The first-order chi connectivity index (χ1) is 18.0. The van der Waals surface area contributed by atoms with Gasteiger partial charge in [0.15, 0.2) is 0 Å². The maximum atomic E-state index is 13.9. The fourth-order valence-corrected chi connectivity index (χ4v) is 6.02. The summed E-state index contributed by atoms with van der Waals surface area (Å²) in [6.45, 7) is 4.14. The second-order valence-corrected chi connectivity index (χ2v) is 10.5. The third-order valence-corrected chi connectivity index (χ3v) is 7.99. The minimum Gasteiger partial charge on any atom is -0.462 e. The van der Waals surface area contributed by atoms with Crippen LogP contribution in [0, 0.1) is 0 Å². The lowest BCUT2D eigenvalue weighted by atomic mass is 10.0. The van der Waals surface area contributed by atoms with E-state index in [2.05, 4.69) is 0 Å². The number of hydrogen-bond donors (Lipinski definition) is 0. The number of fused-ring (bicyclic) bond motifs is 1. The van der Waals surface area contributed by atoms with E-state index in [0.717, 1.165) is 22.6 Å². The van der Waals surface area contributed by atoms with Crippen LogP contribution in [-0.2, 0) is 16.1 Å². The lowest BCUT2D eigenvalue weighted by Gasteiger charge is -2.37. The molecule has 1 fully saturated rings. The molecule has 1 saturated heterocycles. The molecule has 0 radical (unpaired) electrons. The van der Waals surface area contributed by atoms with E-state index in [4.69, 9.17) is 16.3 Å².